The number of nitrogens with zero attached hydrogens (tertiary/aromatic N) is 4. The predicted molar refractivity (Wildman–Crippen MR) is 151 cm³/mol. The fourth-order valence-corrected chi connectivity index (χ4v) is 7.51. The van der Waals surface area contributed by atoms with Crippen molar-refractivity contribution in [3.63, 3.8) is 0 Å². The molecule has 13 heteroatoms. The fourth-order valence-electron chi connectivity index (χ4n) is 6.11. The molecule has 4 unspecified atom stereocenters. The molecular weight excluding hydrogens is 627 g/mol. The number of benzene rings is 2. The molecule has 2 aromatic carbocycles. The number of aliphatic hydroxyl groups excluding tert-OH is 1. The maximum absolute atomic E-state index is 13.8. The molecule has 0 bridgehead atoms. The summed E-state index contributed by atoms with van der Waals surface area (Å²) in [6.07, 6.45) is 1.61. The average Bonchev–Trinajstić information content (AvgIpc) is 3.30. The highest BCUT2D eigenvalue weighted by Gasteiger charge is 2.75. The number of carbonyl (C=O) groups is 2. The molecule has 4 atom stereocenters. The minimum atomic E-state index is -1.91. The Morgan fingerprint density at radius 2 is 1.68 bits per heavy atom. The van der Waals surface area contributed by atoms with Gasteiger partial charge < -0.3 is 9.84 Å². The maximum Gasteiger partial charge on any atom is 0.352 e. The zero-order valence-corrected chi connectivity index (χ0v) is 24.0. The van der Waals surface area contributed by atoms with Gasteiger partial charge in [-0.1, -0.05) is 52.3 Å². The van der Waals surface area contributed by atoms with Crippen LogP contribution in [0, 0.1) is 0 Å². The van der Waals surface area contributed by atoms with Crippen LogP contribution in [0.2, 0.25) is 0 Å². The Kier molecular flexibility index (Phi) is 6.60. The summed E-state index contributed by atoms with van der Waals surface area (Å²) in [7, 11) is 0. The van der Waals surface area contributed by atoms with Crippen molar-refractivity contribution in [2.75, 3.05) is 18.7 Å². The van der Waals surface area contributed by atoms with E-state index >= 15 is 0 Å². The first kappa shape index (κ1) is 27.1. The number of ether oxygens (including phenoxy) is 1. The zero-order chi connectivity index (χ0) is 28.4. The molecule has 0 spiro atoms. The molecule has 2 amide bonds. The van der Waals surface area contributed by atoms with Crippen LogP contribution in [-0.4, -0.2) is 64.2 Å². The van der Waals surface area contributed by atoms with Crippen LogP contribution >= 0.6 is 39.1 Å². The average molecular weight is 650 g/mol. The van der Waals surface area contributed by atoms with Crippen LogP contribution in [0.5, 0.6) is 5.75 Å². The zero-order valence-electron chi connectivity index (χ0n) is 20.9. The molecule has 2 aliphatic heterocycles. The van der Waals surface area contributed by atoms with E-state index in [0.29, 0.717) is 22.6 Å². The highest BCUT2D eigenvalue weighted by atomic mass is 79.9. The Morgan fingerprint density at radius 3 is 2.33 bits per heavy atom. The van der Waals surface area contributed by atoms with Crippen LogP contribution in [0.4, 0.5) is 0 Å². The Labute approximate surface area is 246 Å². The number of halogens is 3. The number of para-hydroxylation sites is 1. The molecule has 3 aliphatic rings. The van der Waals surface area contributed by atoms with Crippen molar-refractivity contribution in [1.82, 2.24) is 18.8 Å². The second kappa shape index (κ2) is 9.76. The van der Waals surface area contributed by atoms with Crippen molar-refractivity contribution in [1.29, 1.82) is 0 Å². The van der Waals surface area contributed by atoms with E-state index in [-0.39, 0.29) is 31.6 Å². The molecule has 3 heterocycles. The summed E-state index contributed by atoms with van der Waals surface area (Å²) in [5.41, 5.74) is 0.374. The molecule has 208 valence electrons. The van der Waals surface area contributed by atoms with E-state index in [1.807, 2.05) is 0 Å². The first-order valence-corrected chi connectivity index (χ1v) is 14.4. The molecule has 0 radical (unpaired) electrons. The van der Waals surface area contributed by atoms with Gasteiger partial charge in [-0.25, -0.2) is 23.5 Å². The second-order valence-electron chi connectivity index (χ2n) is 9.83. The lowest BCUT2D eigenvalue weighted by Gasteiger charge is -2.49. The van der Waals surface area contributed by atoms with Crippen molar-refractivity contribution in [2.45, 2.75) is 34.7 Å². The number of fused-ring (bicyclic) bond motifs is 4. The van der Waals surface area contributed by atoms with Crippen LogP contribution in [0.15, 0.2) is 75.8 Å². The van der Waals surface area contributed by atoms with Gasteiger partial charge in [0.25, 0.3) is 11.8 Å². The quantitative estimate of drug-likeness (QED) is 0.190. The van der Waals surface area contributed by atoms with E-state index in [1.165, 1.54) is 9.36 Å². The highest BCUT2D eigenvalue weighted by molar-refractivity contribution is 9.09. The Bertz CT molecular complexity index is 1670. The number of carbonyl (C=O) groups excluding carboxylic acids is 2. The van der Waals surface area contributed by atoms with Gasteiger partial charge in [0.1, 0.15) is 12.4 Å². The Balaban J connectivity index is 1.55. The van der Waals surface area contributed by atoms with Crippen LogP contribution in [0.1, 0.15) is 23.9 Å². The minimum absolute atomic E-state index is 0.0560. The first-order valence-electron chi connectivity index (χ1n) is 12.5. The number of likely N-dealkylation sites (tertiary alicyclic amines) is 1. The molecule has 6 rings (SSSR count). The van der Waals surface area contributed by atoms with Gasteiger partial charge in [0.2, 0.25) is 0 Å². The van der Waals surface area contributed by atoms with E-state index in [4.69, 9.17) is 33.0 Å². The maximum atomic E-state index is 13.8. The molecule has 1 aliphatic carbocycles. The van der Waals surface area contributed by atoms with Gasteiger partial charge in [0, 0.05) is 12.3 Å². The SMILES string of the molecule is O=C1N(CBr)C(=O)C2(Cl)C(c3ccc(OCCO)cc3)C3=CCn4c(=O)n(-c5ccccc5)c(=O)n4C3CC12Cl. The number of rotatable bonds is 6. The number of amides is 2. The number of allylic oxidation sites excluding steroid dienone is 2. The smallest absolute Gasteiger partial charge is 0.352 e. The van der Waals surface area contributed by atoms with E-state index in [2.05, 4.69) is 15.9 Å². The Morgan fingerprint density at radius 1 is 0.975 bits per heavy atom. The van der Waals surface area contributed by atoms with Crippen molar-refractivity contribution in [3.8, 4) is 11.4 Å². The molecule has 1 N–H and O–H groups in total. The van der Waals surface area contributed by atoms with Gasteiger partial charge in [-0.05, 0) is 35.4 Å². The van der Waals surface area contributed by atoms with E-state index in [9.17, 15) is 19.2 Å². The van der Waals surface area contributed by atoms with Gasteiger partial charge in [0.15, 0.2) is 9.75 Å². The molecule has 40 heavy (non-hydrogen) atoms. The monoisotopic (exact) mass is 648 g/mol. The lowest BCUT2D eigenvalue weighted by molar-refractivity contribution is -0.138. The first-order chi connectivity index (χ1) is 19.2. The van der Waals surface area contributed by atoms with Gasteiger partial charge in [-0.15, -0.1) is 23.2 Å². The molecule has 1 aromatic heterocycles. The molecule has 1 saturated heterocycles. The minimum Gasteiger partial charge on any atom is -0.491 e. The number of imide groups is 1. The molecular formula is C27H23BrCl2N4O6. The van der Waals surface area contributed by atoms with Crippen molar-refractivity contribution in [3.05, 3.63) is 92.8 Å². The van der Waals surface area contributed by atoms with Gasteiger partial charge in [0.05, 0.1) is 30.3 Å². The molecule has 2 fully saturated rings. The van der Waals surface area contributed by atoms with Crippen molar-refractivity contribution in [2.24, 2.45) is 0 Å². The van der Waals surface area contributed by atoms with E-state index in [1.54, 1.807) is 60.7 Å². The molecule has 3 aromatic rings. The predicted octanol–water partition coefficient (Wildman–Crippen LogP) is 2.52. The number of aromatic nitrogens is 3. The van der Waals surface area contributed by atoms with Crippen LogP contribution in [0.3, 0.4) is 0 Å². The third-order valence-corrected chi connectivity index (χ3v) is 9.78. The van der Waals surface area contributed by atoms with Crippen LogP contribution in [-0.2, 0) is 16.1 Å². The molecule has 10 nitrogen and oxygen atoms in total. The number of alkyl halides is 3. The summed E-state index contributed by atoms with van der Waals surface area (Å²) < 4.78 is 9.20. The van der Waals surface area contributed by atoms with Crippen molar-refractivity contribution >= 4 is 50.9 Å². The summed E-state index contributed by atoms with van der Waals surface area (Å²) >= 11 is 17.6. The lowest BCUT2D eigenvalue weighted by atomic mass is 9.64. The summed E-state index contributed by atoms with van der Waals surface area (Å²) in [5, 5.41) is 9.08. The summed E-state index contributed by atoms with van der Waals surface area (Å²) in [6, 6.07) is 14.5. The standard InChI is InChI=1S/C27H23BrCl2N4O6/c28-15-31-22(36)26(29)14-20-19(10-11-32-24(38)33(25(39)34(20)32)17-4-2-1-3-5-17)21(27(26,30)23(31)37)16-6-8-18(9-7-16)40-13-12-35/h1-10,20-21,35H,11-15H2. The number of aliphatic hydroxyl groups is 1. The van der Waals surface area contributed by atoms with Gasteiger partial charge in [-0.2, -0.15) is 0 Å². The summed E-state index contributed by atoms with van der Waals surface area (Å²) in [6.45, 7) is 0.00332. The largest absolute Gasteiger partial charge is 0.491 e. The fraction of sp³-hybridized carbons (Fsp3) is 0.333. The Hall–Kier alpha value is -3.12. The normalized spacial score (nSPS) is 27.2. The second-order valence-corrected chi connectivity index (χ2v) is 11.6. The van der Waals surface area contributed by atoms with E-state index < -0.39 is 44.9 Å². The topological polar surface area (TPSA) is 116 Å². The van der Waals surface area contributed by atoms with Crippen LogP contribution < -0.4 is 16.1 Å². The molecule has 1 saturated carbocycles. The summed E-state index contributed by atoms with van der Waals surface area (Å²) in [5.74, 6) is -1.74. The third kappa shape index (κ3) is 3.57. The van der Waals surface area contributed by atoms with Gasteiger partial charge in [-0.3, -0.25) is 14.5 Å². The van der Waals surface area contributed by atoms with Crippen LogP contribution in [0.25, 0.3) is 5.69 Å². The third-order valence-electron chi connectivity index (χ3n) is 7.87. The highest BCUT2D eigenvalue weighted by Crippen LogP contribution is 2.63. The lowest BCUT2D eigenvalue weighted by Crippen LogP contribution is -2.59. The summed E-state index contributed by atoms with van der Waals surface area (Å²) in [4.78, 5) is 51.8. The van der Waals surface area contributed by atoms with E-state index in [0.717, 1.165) is 9.47 Å². The number of hydrogen-bond donors (Lipinski definition) is 1. The van der Waals surface area contributed by atoms with Crippen molar-refractivity contribution < 1.29 is 19.4 Å². The number of hydrogen-bond acceptors (Lipinski definition) is 6. The van der Waals surface area contributed by atoms with Gasteiger partial charge >= 0.3 is 11.4 Å².